The van der Waals surface area contributed by atoms with Crippen LogP contribution in [0.4, 0.5) is 0 Å². The summed E-state index contributed by atoms with van der Waals surface area (Å²) in [6.45, 7) is 3.49. The molecule has 1 aliphatic rings. The number of rotatable bonds is 4. The molecule has 2 aromatic carbocycles. The predicted molar refractivity (Wildman–Crippen MR) is 108 cm³/mol. The number of hydrogen-bond donors (Lipinski definition) is 0. The molecule has 2 heterocycles. The molecule has 1 fully saturated rings. The van der Waals surface area contributed by atoms with E-state index in [4.69, 9.17) is 4.74 Å². The van der Waals surface area contributed by atoms with Crippen molar-refractivity contribution in [3.05, 3.63) is 60.8 Å². The topological polar surface area (TPSA) is 42.4 Å². The first-order chi connectivity index (χ1) is 13.2. The van der Waals surface area contributed by atoms with Gasteiger partial charge in [0.1, 0.15) is 11.9 Å². The van der Waals surface area contributed by atoms with E-state index in [0.717, 1.165) is 48.3 Å². The van der Waals surface area contributed by atoms with E-state index < -0.39 is 0 Å². The molecule has 0 spiro atoms. The van der Waals surface area contributed by atoms with Gasteiger partial charge in [0.05, 0.1) is 5.69 Å². The molecule has 0 unspecified atom stereocenters. The summed E-state index contributed by atoms with van der Waals surface area (Å²) in [5.41, 5.74) is 2.04. The van der Waals surface area contributed by atoms with Crippen LogP contribution in [0.3, 0.4) is 0 Å². The van der Waals surface area contributed by atoms with Gasteiger partial charge in [-0.2, -0.15) is 0 Å². The number of carbonyl (C=O) groups excluding carboxylic acids is 1. The van der Waals surface area contributed by atoms with Gasteiger partial charge < -0.3 is 9.64 Å². The molecule has 138 valence electrons. The maximum atomic E-state index is 11.8. The zero-order chi connectivity index (χ0) is 18.6. The highest BCUT2D eigenvalue weighted by atomic mass is 16.5. The number of ether oxygens (including phenoxy) is 1. The largest absolute Gasteiger partial charge is 0.490 e. The molecule has 1 amide bonds. The van der Waals surface area contributed by atoms with E-state index in [0.29, 0.717) is 6.42 Å². The fourth-order valence-electron chi connectivity index (χ4n) is 3.58. The molecular weight excluding hydrogens is 336 g/mol. The Labute approximate surface area is 159 Å². The van der Waals surface area contributed by atoms with E-state index >= 15 is 0 Å². The number of hydrogen-bond acceptors (Lipinski definition) is 3. The summed E-state index contributed by atoms with van der Waals surface area (Å²) in [5, 5.41) is 2.34. The quantitative estimate of drug-likeness (QED) is 0.678. The number of aromatic nitrogens is 1. The molecule has 4 heteroatoms. The van der Waals surface area contributed by atoms with Crippen molar-refractivity contribution in [3.8, 4) is 17.0 Å². The smallest absolute Gasteiger partial charge is 0.222 e. The summed E-state index contributed by atoms with van der Waals surface area (Å²) < 4.78 is 6.12. The number of likely N-dealkylation sites (tertiary alicyclic amines) is 1. The maximum absolute atomic E-state index is 11.8. The highest BCUT2D eigenvalue weighted by Gasteiger charge is 2.22. The number of amides is 1. The molecule has 1 aliphatic heterocycles. The van der Waals surface area contributed by atoms with Gasteiger partial charge in [0, 0.05) is 49.5 Å². The van der Waals surface area contributed by atoms with Crippen LogP contribution in [-0.4, -0.2) is 35.0 Å². The van der Waals surface area contributed by atoms with Crippen molar-refractivity contribution in [2.45, 2.75) is 32.3 Å². The molecule has 27 heavy (non-hydrogen) atoms. The lowest BCUT2D eigenvalue weighted by atomic mass is 10.1. The lowest BCUT2D eigenvalue weighted by Gasteiger charge is -2.32. The Bertz CT molecular complexity index is 929. The van der Waals surface area contributed by atoms with Crippen molar-refractivity contribution >= 4 is 16.7 Å². The SMILES string of the molecule is CCC(=O)N1CCC(Oc2ccc(-c3cc4ccccc4cn3)cc2)CC1. The van der Waals surface area contributed by atoms with Crippen molar-refractivity contribution in [3.63, 3.8) is 0 Å². The van der Waals surface area contributed by atoms with Crippen LogP contribution in [0.25, 0.3) is 22.0 Å². The van der Waals surface area contributed by atoms with Crippen molar-refractivity contribution in [2.75, 3.05) is 13.1 Å². The van der Waals surface area contributed by atoms with Gasteiger partial charge in [-0.25, -0.2) is 0 Å². The third-order valence-corrected chi connectivity index (χ3v) is 5.18. The molecule has 1 aromatic heterocycles. The molecular formula is C23H24N2O2. The number of pyridine rings is 1. The minimum Gasteiger partial charge on any atom is -0.490 e. The van der Waals surface area contributed by atoms with E-state index in [1.165, 1.54) is 5.39 Å². The third kappa shape index (κ3) is 3.95. The zero-order valence-corrected chi connectivity index (χ0v) is 15.6. The van der Waals surface area contributed by atoms with Crippen LogP contribution >= 0.6 is 0 Å². The van der Waals surface area contributed by atoms with Crippen molar-refractivity contribution in [1.29, 1.82) is 0 Å². The summed E-state index contributed by atoms with van der Waals surface area (Å²) >= 11 is 0. The van der Waals surface area contributed by atoms with E-state index in [1.807, 2.05) is 42.3 Å². The maximum Gasteiger partial charge on any atom is 0.222 e. The molecule has 0 saturated carbocycles. The fraction of sp³-hybridized carbons (Fsp3) is 0.304. The minimum absolute atomic E-state index is 0.176. The Morgan fingerprint density at radius 1 is 1.07 bits per heavy atom. The summed E-state index contributed by atoms with van der Waals surface area (Å²) in [7, 11) is 0. The molecule has 1 saturated heterocycles. The van der Waals surface area contributed by atoms with Crippen LogP contribution in [-0.2, 0) is 4.79 Å². The number of piperidine rings is 1. The van der Waals surface area contributed by atoms with E-state index in [9.17, 15) is 4.79 Å². The van der Waals surface area contributed by atoms with Crippen molar-refractivity contribution in [2.24, 2.45) is 0 Å². The molecule has 0 radical (unpaired) electrons. The van der Waals surface area contributed by atoms with Gasteiger partial charge in [-0.1, -0.05) is 31.2 Å². The molecule has 0 aliphatic carbocycles. The number of benzene rings is 2. The lowest BCUT2D eigenvalue weighted by Crippen LogP contribution is -2.41. The molecule has 4 rings (SSSR count). The number of nitrogens with zero attached hydrogens (tertiary/aromatic N) is 2. The Balaban J connectivity index is 1.41. The number of fused-ring (bicyclic) bond motifs is 1. The van der Waals surface area contributed by atoms with Gasteiger partial charge in [0.2, 0.25) is 5.91 Å². The highest BCUT2D eigenvalue weighted by Crippen LogP contribution is 2.25. The monoisotopic (exact) mass is 360 g/mol. The summed E-state index contributed by atoms with van der Waals surface area (Å²) in [4.78, 5) is 18.3. The van der Waals surface area contributed by atoms with Gasteiger partial charge in [-0.3, -0.25) is 9.78 Å². The fourth-order valence-corrected chi connectivity index (χ4v) is 3.58. The normalized spacial score (nSPS) is 15.1. The molecule has 0 N–H and O–H groups in total. The molecule has 4 nitrogen and oxygen atoms in total. The molecule has 0 bridgehead atoms. The highest BCUT2D eigenvalue weighted by molar-refractivity contribution is 5.85. The standard InChI is InChI=1S/C23H24N2O2/c1-2-23(26)25-13-11-21(12-14-25)27-20-9-7-17(8-10-20)22-15-18-5-3-4-6-19(18)16-24-22/h3-10,15-16,21H,2,11-14H2,1H3. The second-order valence-corrected chi connectivity index (χ2v) is 6.99. The Hall–Kier alpha value is -2.88. The van der Waals surface area contributed by atoms with Crippen molar-refractivity contribution < 1.29 is 9.53 Å². The molecule has 0 atom stereocenters. The van der Waals surface area contributed by atoms with Crippen LogP contribution in [0.2, 0.25) is 0 Å². The van der Waals surface area contributed by atoms with Gasteiger partial charge >= 0.3 is 0 Å². The van der Waals surface area contributed by atoms with E-state index in [1.54, 1.807) is 0 Å². The van der Waals surface area contributed by atoms with Crippen LogP contribution in [0.15, 0.2) is 60.8 Å². The van der Waals surface area contributed by atoms with E-state index in [2.05, 4.69) is 35.3 Å². The third-order valence-electron chi connectivity index (χ3n) is 5.18. The first kappa shape index (κ1) is 17.5. The van der Waals surface area contributed by atoms with Gasteiger partial charge in [-0.05, 0) is 35.7 Å². The van der Waals surface area contributed by atoms with Crippen LogP contribution < -0.4 is 4.74 Å². The molecule has 3 aromatic rings. The average Bonchev–Trinajstić information content (AvgIpc) is 2.74. The van der Waals surface area contributed by atoms with Crippen LogP contribution in [0, 0.1) is 0 Å². The van der Waals surface area contributed by atoms with Gasteiger partial charge in [0.15, 0.2) is 0 Å². The first-order valence-electron chi connectivity index (χ1n) is 9.62. The second kappa shape index (κ2) is 7.78. The Morgan fingerprint density at radius 3 is 2.48 bits per heavy atom. The summed E-state index contributed by atoms with van der Waals surface area (Å²) in [5.74, 6) is 1.11. The van der Waals surface area contributed by atoms with E-state index in [-0.39, 0.29) is 12.0 Å². The second-order valence-electron chi connectivity index (χ2n) is 6.99. The Kier molecular flexibility index (Phi) is 5.05. The summed E-state index contributed by atoms with van der Waals surface area (Å²) in [6.07, 6.45) is 4.45. The van der Waals surface area contributed by atoms with Crippen LogP contribution in [0.1, 0.15) is 26.2 Å². The number of carbonyl (C=O) groups is 1. The van der Waals surface area contributed by atoms with Gasteiger partial charge in [-0.15, -0.1) is 0 Å². The Morgan fingerprint density at radius 2 is 1.78 bits per heavy atom. The predicted octanol–water partition coefficient (Wildman–Crippen LogP) is 4.68. The summed E-state index contributed by atoms with van der Waals surface area (Å²) in [6, 6.07) is 18.5. The lowest BCUT2D eigenvalue weighted by molar-refractivity contribution is -0.132. The average molecular weight is 360 g/mol. The zero-order valence-electron chi connectivity index (χ0n) is 15.6. The van der Waals surface area contributed by atoms with Crippen LogP contribution in [0.5, 0.6) is 5.75 Å². The van der Waals surface area contributed by atoms with Gasteiger partial charge in [0.25, 0.3) is 0 Å². The van der Waals surface area contributed by atoms with Crippen molar-refractivity contribution in [1.82, 2.24) is 9.88 Å². The first-order valence-corrected chi connectivity index (χ1v) is 9.62. The minimum atomic E-state index is 0.176.